The fraction of sp³-hybridized carbons (Fsp3) is 0.200. The second-order valence-corrected chi connectivity index (χ2v) is 4.46. The molecule has 0 amide bonds. The van der Waals surface area contributed by atoms with E-state index in [-0.39, 0.29) is 0 Å². The summed E-state index contributed by atoms with van der Waals surface area (Å²) in [6.45, 7) is 2.67. The third kappa shape index (κ3) is 2.46. The van der Waals surface area contributed by atoms with E-state index < -0.39 is 0 Å². The zero-order valence-electron chi connectivity index (χ0n) is 8.20. The highest BCUT2D eigenvalue weighted by molar-refractivity contribution is 7.09. The number of aromatic nitrogens is 2. The van der Waals surface area contributed by atoms with Gasteiger partial charge in [0.05, 0.1) is 6.54 Å². The van der Waals surface area contributed by atoms with Crippen LogP contribution in [0, 0.1) is 6.92 Å². The molecule has 2 heterocycles. The molecule has 1 N–H and O–H groups in total. The Kier molecular flexibility index (Phi) is 3.18. The van der Waals surface area contributed by atoms with Gasteiger partial charge in [-0.2, -0.15) is 0 Å². The van der Waals surface area contributed by atoms with Gasteiger partial charge in [0.2, 0.25) is 0 Å². The number of nitrogens with zero attached hydrogens (tertiary/aromatic N) is 2. The Hall–Kier alpha value is -1.13. The Balaban J connectivity index is 2.08. The number of hydrogen-bond acceptors (Lipinski definition) is 4. The molecule has 0 atom stereocenters. The minimum absolute atomic E-state index is 0.499. The van der Waals surface area contributed by atoms with E-state index >= 15 is 0 Å². The number of anilines is 1. The summed E-state index contributed by atoms with van der Waals surface area (Å²) >= 11 is 7.60. The van der Waals surface area contributed by atoms with E-state index in [2.05, 4.69) is 26.7 Å². The first-order chi connectivity index (χ1) is 7.27. The molecule has 0 fully saturated rings. The number of nitrogens with one attached hydrogen (secondary N) is 1. The van der Waals surface area contributed by atoms with E-state index in [4.69, 9.17) is 11.6 Å². The van der Waals surface area contributed by atoms with Gasteiger partial charge < -0.3 is 5.32 Å². The molecule has 0 aliphatic carbocycles. The lowest BCUT2D eigenvalue weighted by Gasteiger charge is -2.07. The van der Waals surface area contributed by atoms with Crippen LogP contribution in [-0.4, -0.2) is 9.97 Å². The van der Waals surface area contributed by atoms with Crippen LogP contribution in [0.4, 0.5) is 5.82 Å². The molecule has 15 heavy (non-hydrogen) atoms. The van der Waals surface area contributed by atoms with Crippen molar-refractivity contribution in [1.82, 2.24) is 9.97 Å². The van der Waals surface area contributed by atoms with E-state index in [9.17, 15) is 0 Å². The van der Waals surface area contributed by atoms with Crippen LogP contribution >= 0.6 is 22.9 Å². The average molecular weight is 240 g/mol. The van der Waals surface area contributed by atoms with E-state index in [1.54, 1.807) is 11.3 Å². The van der Waals surface area contributed by atoms with Crippen LogP contribution in [0.1, 0.15) is 10.4 Å². The Morgan fingerprint density at radius 3 is 3.07 bits per heavy atom. The van der Waals surface area contributed by atoms with Gasteiger partial charge in [-0.3, -0.25) is 0 Å². The molecular weight excluding hydrogens is 230 g/mol. The molecule has 0 aliphatic rings. The molecular formula is C10H10ClN3S. The molecule has 2 aromatic heterocycles. The summed E-state index contributed by atoms with van der Waals surface area (Å²) < 4.78 is 0. The van der Waals surface area contributed by atoms with Crippen molar-refractivity contribution in [3.05, 3.63) is 39.4 Å². The standard InChI is InChI=1S/C10H10ClN3S/c1-7-9(11)13-6-14-10(7)12-5-8-3-2-4-15-8/h2-4,6H,5H2,1H3,(H,12,13,14). The molecule has 2 aromatic rings. The summed E-state index contributed by atoms with van der Waals surface area (Å²) in [5.41, 5.74) is 0.885. The minimum atomic E-state index is 0.499. The number of hydrogen-bond donors (Lipinski definition) is 1. The van der Waals surface area contributed by atoms with Gasteiger partial charge in [0, 0.05) is 10.4 Å². The van der Waals surface area contributed by atoms with Crippen LogP contribution in [0.15, 0.2) is 23.8 Å². The van der Waals surface area contributed by atoms with E-state index in [1.165, 1.54) is 11.2 Å². The summed E-state index contributed by atoms with van der Waals surface area (Å²) in [4.78, 5) is 9.31. The predicted octanol–water partition coefficient (Wildman–Crippen LogP) is 3.11. The fourth-order valence-electron chi connectivity index (χ4n) is 1.19. The fourth-order valence-corrected chi connectivity index (χ4v) is 1.97. The van der Waals surface area contributed by atoms with E-state index in [0.29, 0.717) is 5.15 Å². The molecule has 0 aromatic carbocycles. The van der Waals surface area contributed by atoms with Crippen LogP contribution in [-0.2, 0) is 6.54 Å². The number of rotatable bonds is 3. The van der Waals surface area contributed by atoms with Gasteiger partial charge in [0.25, 0.3) is 0 Å². The van der Waals surface area contributed by atoms with Gasteiger partial charge in [-0.15, -0.1) is 11.3 Å². The van der Waals surface area contributed by atoms with Crippen molar-refractivity contribution in [3.63, 3.8) is 0 Å². The van der Waals surface area contributed by atoms with Crippen LogP contribution in [0.2, 0.25) is 5.15 Å². The quantitative estimate of drug-likeness (QED) is 0.837. The lowest BCUT2D eigenvalue weighted by molar-refractivity contribution is 1.07. The van der Waals surface area contributed by atoms with Crippen LogP contribution < -0.4 is 5.32 Å². The predicted molar refractivity (Wildman–Crippen MR) is 63.4 cm³/mol. The normalized spacial score (nSPS) is 10.3. The molecule has 0 radical (unpaired) electrons. The second kappa shape index (κ2) is 4.59. The second-order valence-electron chi connectivity index (χ2n) is 3.07. The van der Waals surface area contributed by atoms with Gasteiger partial charge in [-0.05, 0) is 18.4 Å². The zero-order chi connectivity index (χ0) is 10.7. The molecule has 0 spiro atoms. The molecule has 0 saturated heterocycles. The van der Waals surface area contributed by atoms with Crippen LogP contribution in [0.5, 0.6) is 0 Å². The molecule has 78 valence electrons. The smallest absolute Gasteiger partial charge is 0.137 e. The SMILES string of the molecule is Cc1c(Cl)ncnc1NCc1cccs1. The first kappa shape index (κ1) is 10.4. The van der Waals surface area contributed by atoms with Crippen molar-refractivity contribution in [2.45, 2.75) is 13.5 Å². The minimum Gasteiger partial charge on any atom is -0.365 e. The van der Waals surface area contributed by atoms with Gasteiger partial charge in [0.15, 0.2) is 0 Å². The Morgan fingerprint density at radius 2 is 2.33 bits per heavy atom. The van der Waals surface area contributed by atoms with E-state index in [0.717, 1.165) is 17.9 Å². The molecule has 2 rings (SSSR count). The van der Waals surface area contributed by atoms with Gasteiger partial charge in [0.1, 0.15) is 17.3 Å². The summed E-state index contributed by atoms with van der Waals surface area (Å²) in [7, 11) is 0. The number of halogens is 1. The summed E-state index contributed by atoms with van der Waals surface area (Å²) in [6.07, 6.45) is 1.46. The third-order valence-electron chi connectivity index (χ3n) is 2.03. The van der Waals surface area contributed by atoms with Crippen molar-refractivity contribution >= 4 is 28.8 Å². The average Bonchev–Trinajstić information content (AvgIpc) is 2.73. The maximum atomic E-state index is 5.89. The third-order valence-corrected chi connectivity index (χ3v) is 3.29. The molecule has 3 nitrogen and oxygen atoms in total. The van der Waals surface area contributed by atoms with Crippen molar-refractivity contribution < 1.29 is 0 Å². The zero-order valence-corrected chi connectivity index (χ0v) is 9.77. The summed E-state index contributed by atoms with van der Waals surface area (Å²) in [5.74, 6) is 0.795. The maximum Gasteiger partial charge on any atom is 0.137 e. The van der Waals surface area contributed by atoms with E-state index in [1.807, 2.05) is 13.0 Å². The molecule has 0 aliphatic heterocycles. The van der Waals surface area contributed by atoms with Crippen LogP contribution in [0.3, 0.4) is 0 Å². The lowest BCUT2D eigenvalue weighted by atomic mass is 10.3. The molecule has 0 saturated carbocycles. The molecule has 0 bridgehead atoms. The Morgan fingerprint density at radius 1 is 1.47 bits per heavy atom. The van der Waals surface area contributed by atoms with Crippen LogP contribution in [0.25, 0.3) is 0 Å². The van der Waals surface area contributed by atoms with Crippen molar-refractivity contribution in [3.8, 4) is 0 Å². The van der Waals surface area contributed by atoms with Crippen molar-refractivity contribution in [2.24, 2.45) is 0 Å². The van der Waals surface area contributed by atoms with Gasteiger partial charge in [-0.25, -0.2) is 9.97 Å². The lowest BCUT2D eigenvalue weighted by Crippen LogP contribution is -2.02. The van der Waals surface area contributed by atoms with Gasteiger partial charge >= 0.3 is 0 Å². The highest BCUT2D eigenvalue weighted by Crippen LogP contribution is 2.19. The van der Waals surface area contributed by atoms with Gasteiger partial charge in [-0.1, -0.05) is 17.7 Å². The first-order valence-electron chi connectivity index (χ1n) is 4.50. The first-order valence-corrected chi connectivity index (χ1v) is 5.76. The van der Waals surface area contributed by atoms with Crippen molar-refractivity contribution in [1.29, 1.82) is 0 Å². The summed E-state index contributed by atoms with van der Waals surface area (Å²) in [5, 5.41) is 5.78. The highest BCUT2D eigenvalue weighted by Gasteiger charge is 2.04. The maximum absolute atomic E-state index is 5.89. The topological polar surface area (TPSA) is 37.8 Å². The van der Waals surface area contributed by atoms with Crippen molar-refractivity contribution in [2.75, 3.05) is 5.32 Å². The highest BCUT2D eigenvalue weighted by atomic mass is 35.5. The monoisotopic (exact) mass is 239 g/mol. The molecule has 5 heteroatoms. The Bertz CT molecular complexity index is 442. The molecule has 0 unspecified atom stereocenters. The largest absolute Gasteiger partial charge is 0.365 e. The summed E-state index contributed by atoms with van der Waals surface area (Å²) in [6, 6.07) is 4.11. The number of thiophene rings is 1. The Labute approximate surface area is 97.2 Å².